The van der Waals surface area contributed by atoms with Crippen LogP contribution in [0.25, 0.3) is 11.4 Å². The third-order valence-electron chi connectivity index (χ3n) is 3.39. The number of H-pyrrole nitrogens is 1. The Morgan fingerprint density at radius 1 is 1.21 bits per heavy atom. The number of aromatic amines is 1. The Bertz CT molecular complexity index is 955. The number of rotatable bonds is 4. The van der Waals surface area contributed by atoms with Crippen molar-refractivity contribution in [3.63, 3.8) is 0 Å². The van der Waals surface area contributed by atoms with Crippen molar-refractivity contribution < 1.29 is 4.92 Å². The molecule has 0 radical (unpaired) electrons. The van der Waals surface area contributed by atoms with E-state index in [1.807, 2.05) is 31.2 Å². The highest BCUT2D eigenvalue weighted by Gasteiger charge is 2.08. The third kappa shape index (κ3) is 3.28. The van der Waals surface area contributed by atoms with E-state index in [0.29, 0.717) is 10.6 Å². The lowest BCUT2D eigenvalue weighted by atomic mass is 10.1. The molecule has 0 bridgehead atoms. The summed E-state index contributed by atoms with van der Waals surface area (Å²) in [6, 6.07) is 14.0. The molecular weight excluding hydrogens is 326 g/mol. The fraction of sp³-hybridized carbons (Fsp3) is 0.0625. The minimum absolute atomic E-state index is 0.0346. The van der Waals surface area contributed by atoms with Gasteiger partial charge in [0.15, 0.2) is 5.82 Å². The van der Waals surface area contributed by atoms with Crippen molar-refractivity contribution in [1.29, 1.82) is 0 Å². The number of non-ortho nitro benzene ring substituents is 1. The third-order valence-corrected chi connectivity index (χ3v) is 3.65. The summed E-state index contributed by atoms with van der Waals surface area (Å²) in [6.07, 6.45) is 1.58. The maximum atomic E-state index is 10.7. The Kier molecular flexibility index (Phi) is 4.30. The second-order valence-electron chi connectivity index (χ2n) is 5.12. The van der Waals surface area contributed by atoms with Gasteiger partial charge in [-0.25, -0.2) is 5.10 Å². The van der Waals surface area contributed by atoms with E-state index in [9.17, 15) is 10.1 Å². The SMILES string of the molecule is Cc1ccc(-c2n[nH]c(=S)n2/N=C/c2ccc([N+](=O)[O-])cc2)cc1. The minimum Gasteiger partial charge on any atom is -0.258 e. The van der Waals surface area contributed by atoms with Gasteiger partial charge in [-0.1, -0.05) is 29.8 Å². The van der Waals surface area contributed by atoms with E-state index in [1.54, 1.807) is 18.3 Å². The van der Waals surface area contributed by atoms with E-state index >= 15 is 0 Å². The van der Waals surface area contributed by atoms with Crippen LogP contribution in [-0.4, -0.2) is 26.0 Å². The van der Waals surface area contributed by atoms with Crippen molar-refractivity contribution in [3.05, 3.63) is 74.5 Å². The van der Waals surface area contributed by atoms with E-state index in [-0.39, 0.29) is 5.69 Å². The van der Waals surface area contributed by atoms with Gasteiger partial charge in [0.1, 0.15) is 0 Å². The lowest BCUT2D eigenvalue weighted by molar-refractivity contribution is -0.384. The Morgan fingerprint density at radius 2 is 1.88 bits per heavy atom. The Balaban J connectivity index is 1.92. The van der Waals surface area contributed by atoms with Gasteiger partial charge in [-0.3, -0.25) is 10.1 Å². The summed E-state index contributed by atoms with van der Waals surface area (Å²) in [4.78, 5) is 10.2. The van der Waals surface area contributed by atoms with E-state index in [1.165, 1.54) is 16.8 Å². The number of hydrogen-bond donors (Lipinski definition) is 1. The molecule has 1 aromatic heterocycles. The summed E-state index contributed by atoms with van der Waals surface area (Å²) in [5.74, 6) is 0.596. The zero-order chi connectivity index (χ0) is 17.1. The predicted octanol–water partition coefficient (Wildman–Crippen LogP) is 3.71. The quantitative estimate of drug-likeness (QED) is 0.340. The molecule has 0 aliphatic rings. The normalized spacial score (nSPS) is 11.0. The van der Waals surface area contributed by atoms with Gasteiger partial charge in [0.05, 0.1) is 11.1 Å². The molecule has 0 aliphatic carbocycles. The second kappa shape index (κ2) is 6.55. The molecule has 2 aromatic carbocycles. The lowest BCUT2D eigenvalue weighted by Crippen LogP contribution is -1.95. The molecule has 1 heterocycles. The largest absolute Gasteiger partial charge is 0.269 e. The van der Waals surface area contributed by atoms with Gasteiger partial charge >= 0.3 is 0 Å². The average Bonchev–Trinajstić information content (AvgIpc) is 2.95. The molecule has 120 valence electrons. The van der Waals surface area contributed by atoms with E-state index in [2.05, 4.69) is 15.3 Å². The number of nitrogens with zero attached hydrogens (tertiary/aromatic N) is 4. The number of aryl methyl sites for hydroxylation is 1. The maximum absolute atomic E-state index is 10.7. The van der Waals surface area contributed by atoms with Gasteiger partial charge in [0, 0.05) is 17.7 Å². The monoisotopic (exact) mass is 339 g/mol. The second-order valence-corrected chi connectivity index (χ2v) is 5.51. The predicted molar refractivity (Wildman–Crippen MR) is 93.7 cm³/mol. The molecule has 3 rings (SSSR count). The van der Waals surface area contributed by atoms with Gasteiger partial charge in [-0.05, 0) is 36.8 Å². The molecule has 24 heavy (non-hydrogen) atoms. The molecule has 7 nitrogen and oxygen atoms in total. The molecule has 8 heteroatoms. The molecule has 0 unspecified atom stereocenters. The summed E-state index contributed by atoms with van der Waals surface area (Å²) in [5, 5.41) is 21.9. The highest BCUT2D eigenvalue weighted by Crippen LogP contribution is 2.18. The number of nitrogens with one attached hydrogen (secondary N) is 1. The van der Waals surface area contributed by atoms with E-state index < -0.39 is 4.92 Å². The van der Waals surface area contributed by atoms with Crippen molar-refractivity contribution in [2.24, 2.45) is 5.10 Å². The van der Waals surface area contributed by atoms with Crippen LogP contribution in [0.1, 0.15) is 11.1 Å². The van der Waals surface area contributed by atoms with Gasteiger partial charge in [0.25, 0.3) is 5.69 Å². The Labute approximate surface area is 142 Å². The van der Waals surface area contributed by atoms with Crippen molar-refractivity contribution in [3.8, 4) is 11.4 Å². The van der Waals surface area contributed by atoms with E-state index in [0.717, 1.165) is 16.7 Å². The smallest absolute Gasteiger partial charge is 0.258 e. The molecule has 0 atom stereocenters. The number of nitro benzene ring substituents is 1. The molecule has 3 aromatic rings. The summed E-state index contributed by atoms with van der Waals surface area (Å²) in [7, 11) is 0. The van der Waals surface area contributed by atoms with Gasteiger partial charge in [-0.2, -0.15) is 14.9 Å². The Hall–Kier alpha value is -3.13. The van der Waals surface area contributed by atoms with Crippen LogP contribution < -0.4 is 0 Å². The van der Waals surface area contributed by atoms with Crippen molar-refractivity contribution >= 4 is 24.1 Å². The highest BCUT2D eigenvalue weighted by molar-refractivity contribution is 7.71. The number of aromatic nitrogens is 3. The lowest BCUT2D eigenvalue weighted by Gasteiger charge is -2.01. The zero-order valence-electron chi connectivity index (χ0n) is 12.7. The van der Waals surface area contributed by atoms with Crippen LogP contribution in [0.2, 0.25) is 0 Å². The van der Waals surface area contributed by atoms with Crippen LogP contribution >= 0.6 is 12.2 Å². The summed E-state index contributed by atoms with van der Waals surface area (Å²) >= 11 is 5.21. The summed E-state index contributed by atoms with van der Waals surface area (Å²) in [5.41, 5.74) is 2.79. The molecule has 1 N–H and O–H groups in total. The first-order chi connectivity index (χ1) is 11.5. The zero-order valence-corrected chi connectivity index (χ0v) is 13.5. The topological polar surface area (TPSA) is 89.1 Å². The van der Waals surface area contributed by atoms with Gasteiger partial charge in [-0.15, -0.1) is 0 Å². The average molecular weight is 339 g/mol. The molecule has 0 aliphatic heterocycles. The highest BCUT2D eigenvalue weighted by atomic mass is 32.1. The first-order valence-electron chi connectivity index (χ1n) is 7.08. The summed E-state index contributed by atoms with van der Waals surface area (Å²) < 4.78 is 1.88. The molecule has 0 fully saturated rings. The number of benzene rings is 2. The standard InChI is InChI=1S/C16H13N5O2S/c1-11-2-6-13(7-3-11)15-18-19-16(24)20(15)17-10-12-4-8-14(9-5-12)21(22)23/h2-10H,1H3,(H,19,24)/b17-10+. The fourth-order valence-electron chi connectivity index (χ4n) is 2.09. The fourth-order valence-corrected chi connectivity index (χ4v) is 2.27. The van der Waals surface area contributed by atoms with Crippen LogP contribution in [0.15, 0.2) is 53.6 Å². The summed E-state index contributed by atoms with van der Waals surface area (Å²) in [6.45, 7) is 2.01. The van der Waals surface area contributed by atoms with Gasteiger partial charge < -0.3 is 0 Å². The molecule has 0 saturated carbocycles. The van der Waals surface area contributed by atoms with Crippen molar-refractivity contribution in [1.82, 2.24) is 14.9 Å². The number of hydrogen-bond acceptors (Lipinski definition) is 5. The van der Waals surface area contributed by atoms with Crippen LogP contribution in [0.4, 0.5) is 5.69 Å². The minimum atomic E-state index is -0.442. The van der Waals surface area contributed by atoms with Crippen LogP contribution in [-0.2, 0) is 0 Å². The van der Waals surface area contributed by atoms with Gasteiger partial charge in [0.2, 0.25) is 4.77 Å². The van der Waals surface area contributed by atoms with Crippen LogP contribution in [0.5, 0.6) is 0 Å². The first kappa shape index (κ1) is 15.8. The van der Waals surface area contributed by atoms with Crippen molar-refractivity contribution in [2.45, 2.75) is 6.92 Å². The molecule has 0 saturated heterocycles. The molecular formula is C16H13N5O2S. The maximum Gasteiger partial charge on any atom is 0.269 e. The van der Waals surface area contributed by atoms with Crippen molar-refractivity contribution in [2.75, 3.05) is 0 Å². The molecule has 0 amide bonds. The van der Waals surface area contributed by atoms with E-state index in [4.69, 9.17) is 12.2 Å². The Morgan fingerprint density at radius 3 is 2.50 bits per heavy atom. The molecule has 0 spiro atoms. The van der Waals surface area contributed by atoms with Crippen LogP contribution in [0, 0.1) is 21.8 Å². The first-order valence-corrected chi connectivity index (χ1v) is 7.49. The number of nitro groups is 1. The van der Waals surface area contributed by atoms with Crippen LogP contribution in [0.3, 0.4) is 0 Å².